The summed E-state index contributed by atoms with van der Waals surface area (Å²) in [6.07, 6.45) is 1.00. The highest BCUT2D eigenvalue weighted by molar-refractivity contribution is 5.80. The molecule has 0 amide bonds. The van der Waals surface area contributed by atoms with Crippen LogP contribution in [0.15, 0.2) is 0 Å². The summed E-state index contributed by atoms with van der Waals surface area (Å²) >= 11 is 0. The Hall–Kier alpha value is -0.610. The van der Waals surface area contributed by atoms with Crippen LogP contribution < -0.4 is 5.32 Å². The molecule has 0 aromatic rings. The fraction of sp³-hybridized carbons (Fsp3) is 0.909. The number of nitrogens with one attached hydrogen (secondary N) is 1. The van der Waals surface area contributed by atoms with Gasteiger partial charge in [0.2, 0.25) is 0 Å². The van der Waals surface area contributed by atoms with Gasteiger partial charge in [-0.1, -0.05) is 6.92 Å². The van der Waals surface area contributed by atoms with Crippen LogP contribution in [0.4, 0.5) is 0 Å². The first-order chi connectivity index (χ1) is 6.96. The second-order valence-corrected chi connectivity index (χ2v) is 4.22. The first kappa shape index (κ1) is 14.4. The lowest BCUT2D eigenvalue weighted by atomic mass is 10.0. The fourth-order valence-electron chi connectivity index (χ4n) is 1.52. The third kappa shape index (κ3) is 5.14. The molecule has 15 heavy (non-hydrogen) atoms. The maximum absolute atomic E-state index is 11.8. The van der Waals surface area contributed by atoms with Crippen LogP contribution >= 0.6 is 0 Å². The molecule has 1 atom stereocenters. The summed E-state index contributed by atoms with van der Waals surface area (Å²) in [4.78, 5) is 13.8. The van der Waals surface area contributed by atoms with Crippen molar-refractivity contribution in [3.63, 3.8) is 0 Å². The lowest BCUT2D eigenvalue weighted by molar-refractivity contribution is -0.151. The molecule has 0 radical (unpaired) electrons. The second kappa shape index (κ2) is 6.80. The van der Waals surface area contributed by atoms with E-state index in [4.69, 9.17) is 4.74 Å². The van der Waals surface area contributed by atoms with Gasteiger partial charge in [-0.3, -0.25) is 4.79 Å². The van der Waals surface area contributed by atoms with Gasteiger partial charge in [-0.25, -0.2) is 0 Å². The summed E-state index contributed by atoms with van der Waals surface area (Å²) in [7, 11) is 3.90. The lowest BCUT2D eigenvalue weighted by Gasteiger charge is -2.31. The average molecular weight is 216 g/mol. The Morgan fingerprint density at radius 3 is 2.40 bits per heavy atom. The van der Waals surface area contributed by atoms with E-state index in [0.717, 1.165) is 13.0 Å². The number of nitrogens with zero attached hydrogens (tertiary/aromatic N) is 1. The number of rotatable bonds is 7. The monoisotopic (exact) mass is 216 g/mol. The third-order valence-corrected chi connectivity index (χ3v) is 2.12. The smallest absolute Gasteiger partial charge is 0.327 e. The van der Waals surface area contributed by atoms with Gasteiger partial charge in [0.1, 0.15) is 5.54 Å². The maximum Gasteiger partial charge on any atom is 0.327 e. The van der Waals surface area contributed by atoms with E-state index in [-0.39, 0.29) is 5.97 Å². The molecule has 0 saturated carbocycles. The summed E-state index contributed by atoms with van der Waals surface area (Å²) in [6.45, 7) is 7.69. The van der Waals surface area contributed by atoms with Crippen molar-refractivity contribution in [2.24, 2.45) is 0 Å². The van der Waals surface area contributed by atoms with Crippen LogP contribution in [-0.4, -0.2) is 50.2 Å². The zero-order valence-corrected chi connectivity index (χ0v) is 10.6. The van der Waals surface area contributed by atoms with E-state index >= 15 is 0 Å². The first-order valence-corrected chi connectivity index (χ1v) is 5.53. The minimum absolute atomic E-state index is 0.174. The minimum atomic E-state index is -0.602. The van der Waals surface area contributed by atoms with Gasteiger partial charge in [-0.15, -0.1) is 0 Å². The van der Waals surface area contributed by atoms with Crippen molar-refractivity contribution in [2.45, 2.75) is 32.7 Å². The summed E-state index contributed by atoms with van der Waals surface area (Å²) in [6, 6.07) is 0. The molecule has 4 nitrogen and oxygen atoms in total. The van der Waals surface area contributed by atoms with E-state index in [0.29, 0.717) is 13.2 Å². The largest absolute Gasteiger partial charge is 0.465 e. The van der Waals surface area contributed by atoms with Gasteiger partial charge in [0.05, 0.1) is 6.61 Å². The van der Waals surface area contributed by atoms with Crippen LogP contribution in [0.3, 0.4) is 0 Å². The molecule has 1 unspecified atom stereocenters. The fourth-order valence-corrected chi connectivity index (χ4v) is 1.52. The Kier molecular flexibility index (Phi) is 6.52. The summed E-state index contributed by atoms with van der Waals surface area (Å²) in [5.41, 5.74) is -0.602. The van der Waals surface area contributed by atoms with Gasteiger partial charge >= 0.3 is 5.97 Å². The Morgan fingerprint density at radius 2 is 2.00 bits per heavy atom. The van der Waals surface area contributed by atoms with Crippen LogP contribution in [0.1, 0.15) is 27.2 Å². The van der Waals surface area contributed by atoms with Crippen LogP contribution in [0.25, 0.3) is 0 Å². The van der Waals surface area contributed by atoms with Crippen LogP contribution in [-0.2, 0) is 9.53 Å². The number of carbonyl (C=O) groups is 1. The van der Waals surface area contributed by atoms with Crippen molar-refractivity contribution in [1.82, 2.24) is 10.2 Å². The standard InChI is InChI=1S/C11H24N2O2/c1-6-8-12-11(3,9-13(4)5)10(14)15-7-2/h12H,6-9H2,1-5H3. The van der Waals surface area contributed by atoms with E-state index < -0.39 is 5.54 Å². The third-order valence-electron chi connectivity index (χ3n) is 2.12. The molecule has 0 bridgehead atoms. The van der Waals surface area contributed by atoms with Gasteiger partial charge in [-0.2, -0.15) is 0 Å². The normalized spacial score (nSPS) is 15.1. The molecule has 0 spiro atoms. The van der Waals surface area contributed by atoms with Crippen LogP contribution in [0.2, 0.25) is 0 Å². The number of hydrogen-bond donors (Lipinski definition) is 1. The van der Waals surface area contributed by atoms with Crippen molar-refractivity contribution in [2.75, 3.05) is 33.8 Å². The van der Waals surface area contributed by atoms with Gasteiger partial charge in [0.25, 0.3) is 0 Å². The van der Waals surface area contributed by atoms with Gasteiger partial charge in [-0.05, 0) is 40.9 Å². The Balaban J connectivity index is 4.45. The van der Waals surface area contributed by atoms with Crippen molar-refractivity contribution in [1.29, 1.82) is 0 Å². The van der Waals surface area contributed by atoms with E-state index in [1.165, 1.54) is 0 Å². The van der Waals surface area contributed by atoms with Crippen molar-refractivity contribution in [3.8, 4) is 0 Å². The Labute approximate surface area is 93.0 Å². The summed E-state index contributed by atoms with van der Waals surface area (Å²) in [5.74, 6) is -0.174. The topological polar surface area (TPSA) is 41.6 Å². The molecule has 0 fully saturated rings. The summed E-state index contributed by atoms with van der Waals surface area (Å²) in [5, 5.41) is 3.25. The lowest BCUT2D eigenvalue weighted by Crippen LogP contribution is -2.56. The second-order valence-electron chi connectivity index (χ2n) is 4.22. The molecule has 0 rings (SSSR count). The molecule has 0 aromatic carbocycles. The zero-order valence-electron chi connectivity index (χ0n) is 10.6. The van der Waals surface area contributed by atoms with E-state index in [1.54, 1.807) is 0 Å². The highest BCUT2D eigenvalue weighted by Gasteiger charge is 2.34. The number of esters is 1. The molecule has 0 aliphatic carbocycles. The zero-order chi connectivity index (χ0) is 11.9. The molecular weight excluding hydrogens is 192 g/mol. The molecule has 1 N–H and O–H groups in total. The quantitative estimate of drug-likeness (QED) is 0.641. The minimum Gasteiger partial charge on any atom is -0.465 e. The Bertz CT molecular complexity index is 195. The molecule has 90 valence electrons. The molecule has 0 aliphatic rings. The predicted octanol–water partition coefficient (Wildman–Crippen LogP) is 0.869. The Morgan fingerprint density at radius 1 is 1.40 bits per heavy atom. The number of likely N-dealkylation sites (N-methyl/N-ethyl adjacent to an activating group) is 1. The highest BCUT2D eigenvalue weighted by atomic mass is 16.5. The number of carbonyl (C=O) groups excluding carboxylic acids is 1. The van der Waals surface area contributed by atoms with E-state index in [9.17, 15) is 4.79 Å². The molecule has 0 aromatic heterocycles. The number of ether oxygens (including phenoxy) is 1. The van der Waals surface area contributed by atoms with E-state index in [1.807, 2.05) is 32.8 Å². The first-order valence-electron chi connectivity index (χ1n) is 5.53. The maximum atomic E-state index is 11.8. The molecule has 0 heterocycles. The molecular formula is C11H24N2O2. The summed E-state index contributed by atoms with van der Waals surface area (Å²) < 4.78 is 5.08. The van der Waals surface area contributed by atoms with Crippen LogP contribution in [0.5, 0.6) is 0 Å². The predicted molar refractivity (Wildman–Crippen MR) is 61.9 cm³/mol. The van der Waals surface area contributed by atoms with Gasteiger partial charge < -0.3 is 15.0 Å². The molecule has 0 saturated heterocycles. The molecule has 4 heteroatoms. The van der Waals surface area contributed by atoms with Crippen molar-refractivity contribution in [3.05, 3.63) is 0 Å². The van der Waals surface area contributed by atoms with Crippen LogP contribution in [0, 0.1) is 0 Å². The van der Waals surface area contributed by atoms with Gasteiger partial charge in [0.15, 0.2) is 0 Å². The molecule has 0 aliphatic heterocycles. The number of hydrogen-bond acceptors (Lipinski definition) is 4. The van der Waals surface area contributed by atoms with Crippen molar-refractivity contribution < 1.29 is 9.53 Å². The average Bonchev–Trinajstić information content (AvgIpc) is 2.14. The van der Waals surface area contributed by atoms with E-state index in [2.05, 4.69) is 12.2 Å². The SMILES string of the molecule is CCCNC(C)(CN(C)C)C(=O)OCC. The van der Waals surface area contributed by atoms with Crippen molar-refractivity contribution >= 4 is 5.97 Å². The van der Waals surface area contributed by atoms with Gasteiger partial charge in [0, 0.05) is 6.54 Å². The highest BCUT2D eigenvalue weighted by Crippen LogP contribution is 2.08.